The summed E-state index contributed by atoms with van der Waals surface area (Å²) in [7, 11) is -4.03. The SMILES string of the molecule is Cc1cccc(S(=O)(=O)O)c1.[H-].[Na+]. The fourth-order valence-electron chi connectivity index (χ4n) is 0.776. The molecule has 1 aromatic rings. The summed E-state index contributed by atoms with van der Waals surface area (Å²) >= 11 is 0. The van der Waals surface area contributed by atoms with Crippen molar-refractivity contribution >= 4 is 10.1 Å². The van der Waals surface area contributed by atoms with Crippen LogP contribution in [-0.2, 0) is 10.1 Å². The molecule has 0 saturated carbocycles. The standard InChI is InChI=1S/C7H8O3S.Na.H/c1-6-3-2-4-7(5-6)11(8,9)10;;/h2-5H,1H3,(H,8,9,10);;/q;+1;-1. The van der Waals surface area contributed by atoms with Gasteiger partial charge < -0.3 is 1.43 Å². The molecular formula is C7H9NaO3S. The first-order chi connectivity index (χ1) is 5.00. The maximum absolute atomic E-state index is 10.5. The zero-order chi connectivity index (χ0) is 8.48. The predicted octanol–water partition coefficient (Wildman–Crippen LogP) is -1.64. The Morgan fingerprint density at radius 2 is 2.00 bits per heavy atom. The number of aryl methyl sites for hydroxylation is 1. The first-order valence-corrected chi connectivity index (χ1v) is 4.48. The van der Waals surface area contributed by atoms with Crippen LogP contribution in [0.4, 0.5) is 0 Å². The fraction of sp³-hybridized carbons (Fsp3) is 0.143. The maximum Gasteiger partial charge on any atom is 1.00 e. The van der Waals surface area contributed by atoms with Gasteiger partial charge in [0.25, 0.3) is 10.1 Å². The van der Waals surface area contributed by atoms with Gasteiger partial charge in [0, 0.05) is 0 Å². The molecule has 0 saturated heterocycles. The van der Waals surface area contributed by atoms with Crippen molar-refractivity contribution < 1.29 is 44.0 Å². The van der Waals surface area contributed by atoms with E-state index in [9.17, 15) is 8.42 Å². The van der Waals surface area contributed by atoms with Crippen molar-refractivity contribution in [2.75, 3.05) is 0 Å². The van der Waals surface area contributed by atoms with E-state index in [4.69, 9.17) is 4.55 Å². The van der Waals surface area contributed by atoms with Crippen molar-refractivity contribution in [3.05, 3.63) is 29.8 Å². The molecule has 1 rings (SSSR count). The molecule has 12 heavy (non-hydrogen) atoms. The zero-order valence-electron chi connectivity index (χ0n) is 7.98. The normalized spacial score (nSPS) is 10.5. The van der Waals surface area contributed by atoms with Crippen molar-refractivity contribution in [2.24, 2.45) is 0 Å². The molecule has 0 atom stereocenters. The average molecular weight is 196 g/mol. The van der Waals surface area contributed by atoms with Crippen LogP contribution in [0, 0.1) is 6.92 Å². The van der Waals surface area contributed by atoms with E-state index >= 15 is 0 Å². The Morgan fingerprint density at radius 1 is 1.42 bits per heavy atom. The van der Waals surface area contributed by atoms with Gasteiger partial charge >= 0.3 is 29.6 Å². The average Bonchev–Trinajstić information content (AvgIpc) is 1.86. The van der Waals surface area contributed by atoms with E-state index in [0.717, 1.165) is 5.56 Å². The molecule has 62 valence electrons. The second kappa shape index (κ2) is 4.39. The molecule has 3 nitrogen and oxygen atoms in total. The largest absolute Gasteiger partial charge is 1.00 e. The summed E-state index contributed by atoms with van der Waals surface area (Å²) in [5.74, 6) is 0. The minimum absolute atomic E-state index is 0. The smallest absolute Gasteiger partial charge is 1.00 e. The summed E-state index contributed by atoms with van der Waals surface area (Å²) < 4.78 is 29.7. The fourth-order valence-corrected chi connectivity index (χ4v) is 1.36. The third kappa shape index (κ3) is 3.25. The van der Waals surface area contributed by atoms with E-state index in [1.54, 1.807) is 19.1 Å². The molecule has 1 N–H and O–H groups in total. The monoisotopic (exact) mass is 196 g/mol. The van der Waals surface area contributed by atoms with Crippen LogP contribution < -0.4 is 29.6 Å². The van der Waals surface area contributed by atoms with Gasteiger partial charge in [-0.15, -0.1) is 0 Å². The summed E-state index contributed by atoms with van der Waals surface area (Å²) in [4.78, 5) is -0.0579. The summed E-state index contributed by atoms with van der Waals surface area (Å²) in [5, 5.41) is 0. The zero-order valence-corrected chi connectivity index (χ0v) is 9.80. The molecule has 0 fully saturated rings. The molecule has 0 amide bonds. The first kappa shape index (κ1) is 12.1. The predicted molar refractivity (Wildman–Crippen MR) is 42.1 cm³/mol. The maximum atomic E-state index is 10.5. The molecule has 0 radical (unpaired) electrons. The summed E-state index contributed by atoms with van der Waals surface area (Å²) in [6.45, 7) is 1.76. The second-order valence-electron chi connectivity index (χ2n) is 2.29. The molecule has 0 aliphatic carbocycles. The molecule has 0 bridgehead atoms. The van der Waals surface area contributed by atoms with Crippen LogP contribution in [0.25, 0.3) is 0 Å². The third-order valence-electron chi connectivity index (χ3n) is 1.29. The van der Waals surface area contributed by atoms with Gasteiger partial charge in [-0.3, -0.25) is 4.55 Å². The summed E-state index contributed by atoms with van der Waals surface area (Å²) in [6, 6.07) is 6.10. The van der Waals surface area contributed by atoms with Gasteiger partial charge in [0.05, 0.1) is 4.90 Å². The van der Waals surface area contributed by atoms with Crippen LogP contribution in [0.15, 0.2) is 29.2 Å². The van der Waals surface area contributed by atoms with E-state index in [0.29, 0.717) is 0 Å². The van der Waals surface area contributed by atoms with Crippen LogP contribution in [0.1, 0.15) is 6.99 Å². The Labute approximate surface area is 95.3 Å². The van der Waals surface area contributed by atoms with Crippen molar-refractivity contribution in [3.8, 4) is 0 Å². The van der Waals surface area contributed by atoms with Crippen molar-refractivity contribution in [2.45, 2.75) is 11.8 Å². The van der Waals surface area contributed by atoms with Gasteiger partial charge in [0.2, 0.25) is 0 Å². The van der Waals surface area contributed by atoms with E-state index in [1.807, 2.05) is 0 Å². The van der Waals surface area contributed by atoms with Gasteiger partial charge in [-0.25, -0.2) is 0 Å². The minimum Gasteiger partial charge on any atom is -1.00 e. The van der Waals surface area contributed by atoms with Gasteiger partial charge in [-0.1, -0.05) is 12.1 Å². The Bertz CT molecular complexity index is 364. The Kier molecular flexibility index (Phi) is 4.44. The molecule has 0 aliphatic rings. The van der Waals surface area contributed by atoms with Crippen molar-refractivity contribution in [1.82, 2.24) is 0 Å². The molecule has 1 aromatic carbocycles. The number of hydrogen-bond donors (Lipinski definition) is 1. The van der Waals surface area contributed by atoms with Crippen LogP contribution in [-0.4, -0.2) is 13.0 Å². The Morgan fingerprint density at radius 3 is 2.33 bits per heavy atom. The van der Waals surface area contributed by atoms with Crippen molar-refractivity contribution in [3.63, 3.8) is 0 Å². The van der Waals surface area contributed by atoms with Crippen molar-refractivity contribution in [1.29, 1.82) is 0 Å². The Hall–Kier alpha value is 0.130. The summed E-state index contributed by atoms with van der Waals surface area (Å²) in [5.41, 5.74) is 0.806. The molecule has 0 heterocycles. The number of hydrogen-bond acceptors (Lipinski definition) is 2. The molecule has 0 spiro atoms. The van der Waals surface area contributed by atoms with E-state index in [2.05, 4.69) is 0 Å². The topological polar surface area (TPSA) is 54.4 Å². The quantitative estimate of drug-likeness (QED) is 0.433. The number of benzene rings is 1. The van der Waals surface area contributed by atoms with Gasteiger partial charge in [-0.2, -0.15) is 8.42 Å². The number of rotatable bonds is 1. The molecule has 0 aliphatic heterocycles. The molecular weight excluding hydrogens is 187 g/mol. The minimum atomic E-state index is -4.03. The van der Waals surface area contributed by atoms with Crippen LogP contribution in [0.5, 0.6) is 0 Å². The van der Waals surface area contributed by atoms with E-state index < -0.39 is 10.1 Å². The third-order valence-corrected chi connectivity index (χ3v) is 2.14. The van der Waals surface area contributed by atoms with E-state index in [-0.39, 0.29) is 35.9 Å². The second-order valence-corrected chi connectivity index (χ2v) is 3.71. The first-order valence-electron chi connectivity index (χ1n) is 3.04. The van der Waals surface area contributed by atoms with Crippen LogP contribution in [0.3, 0.4) is 0 Å². The van der Waals surface area contributed by atoms with Crippen LogP contribution >= 0.6 is 0 Å². The summed E-state index contributed by atoms with van der Waals surface area (Å²) in [6.07, 6.45) is 0. The van der Waals surface area contributed by atoms with Gasteiger partial charge in [-0.05, 0) is 24.6 Å². The molecule has 0 unspecified atom stereocenters. The van der Waals surface area contributed by atoms with E-state index in [1.165, 1.54) is 12.1 Å². The molecule has 0 aromatic heterocycles. The van der Waals surface area contributed by atoms with Gasteiger partial charge in [0.1, 0.15) is 0 Å². The Balaban J connectivity index is 0. The molecule has 5 heteroatoms. The van der Waals surface area contributed by atoms with Gasteiger partial charge in [0.15, 0.2) is 0 Å². The van der Waals surface area contributed by atoms with Crippen LogP contribution in [0.2, 0.25) is 0 Å².